The Morgan fingerprint density at radius 3 is 2.31 bits per heavy atom. The van der Waals surface area contributed by atoms with E-state index in [2.05, 4.69) is 0 Å². The summed E-state index contributed by atoms with van der Waals surface area (Å²) in [6, 6.07) is 19.1. The van der Waals surface area contributed by atoms with Crippen LogP contribution in [0.4, 0.5) is 14.5 Å². The van der Waals surface area contributed by atoms with Crippen molar-refractivity contribution in [3.8, 4) is 5.75 Å². The van der Waals surface area contributed by atoms with Crippen molar-refractivity contribution in [1.82, 2.24) is 4.90 Å². The van der Waals surface area contributed by atoms with E-state index >= 15 is 0 Å². The molecule has 0 radical (unpaired) electrons. The zero-order valence-corrected chi connectivity index (χ0v) is 24.9. The summed E-state index contributed by atoms with van der Waals surface area (Å²) < 4.78 is 44.2. The number of aryl methyl sites for hydroxylation is 1. The summed E-state index contributed by atoms with van der Waals surface area (Å²) in [6.45, 7) is 1.61. The maximum atomic E-state index is 13.6. The van der Waals surface area contributed by atoms with Crippen LogP contribution in [0, 0.1) is 17.6 Å². The fourth-order valence-electron chi connectivity index (χ4n) is 6.36. The van der Waals surface area contributed by atoms with Crippen LogP contribution in [0.5, 0.6) is 5.75 Å². The van der Waals surface area contributed by atoms with Gasteiger partial charge in [-0.1, -0.05) is 24.3 Å². The molecule has 45 heavy (non-hydrogen) atoms. The number of anilines is 1. The molecule has 10 heteroatoms. The third kappa shape index (κ3) is 6.77. The summed E-state index contributed by atoms with van der Waals surface area (Å²) in [5.74, 6) is -0.758. The molecular formula is C35H36F2N2O6. The summed E-state index contributed by atoms with van der Waals surface area (Å²) in [6.07, 6.45) is 4.19. The van der Waals surface area contributed by atoms with Crippen LogP contribution in [0.2, 0.25) is 0 Å². The Kier molecular flexibility index (Phi) is 9.23. The molecule has 0 spiro atoms. The summed E-state index contributed by atoms with van der Waals surface area (Å²) >= 11 is 0. The molecule has 0 aromatic heterocycles. The minimum Gasteiger partial charge on any atom is -0.494 e. The fourth-order valence-corrected chi connectivity index (χ4v) is 6.36. The number of halogens is 2. The average molecular weight is 619 g/mol. The van der Waals surface area contributed by atoms with Gasteiger partial charge in [-0.15, -0.1) is 0 Å². The Labute approximate surface area is 260 Å². The van der Waals surface area contributed by atoms with Gasteiger partial charge in [-0.2, -0.15) is 0 Å². The van der Waals surface area contributed by atoms with E-state index in [1.165, 1.54) is 24.3 Å². The number of β-lactam (4-membered cyclic amide) rings is 1. The Morgan fingerprint density at radius 2 is 1.67 bits per heavy atom. The Morgan fingerprint density at radius 1 is 0.978 bits per heavy atom. The largest absolute Gasteiger partial charge is 0.494 e. The number of ether oxygens (including phenoxy) is 3. The van der Waals surface area contributed by atoms with Gasteiger partial charge in [-0.25, -0.2) is 8.78 Å². The Hall–Kier alpha value is -4.15. The number of carbonyl (C=O) groups is 3. The molecule has 236 valence electrons. The SMILES string of the molecule is O=CC1CCCN1C(=O)COC1(CCc2ccc(C3C(CCOc4ccc(F)cc4)C(=O)N3c3ccc(F)cc3)cc2)COC1. The molecule has 0 bridgehead atoms. The van der Waals surface area contributed by atoms with Gasteiger partial charge in [0, 0.05) is 12.2 Å². The van der Waals surface area contributed by atoms with Crippen LogP contribution in [-0.2, 0) is 30.3 Å². The minimum absolute atomic E-state index is 0.0644. The predicted molar refractivity (Wildman–Crippen MR) is 162 cm³/mol. The van der Waals surface area contributed by atoms with Gasteiger partial charge in [0.1, 0.15) is 35.9 Å². The highest BCUT2D eigenvalue weighted by Crippen LogP contribution is 2.45. The van der Waals surface area contributed by atoms with Gasteiger partial charge in [0.2, 0.25) is 11.8 Å². The van der Waals surface area contributed by atoms with Gasteiger partial charge < -0.3 is 28.8 Å². The second kappa shape index (κ2) is 13.5. The second-order valence-corrected chi connectivity index (χ2v) is 12.0. The molecule has 3 fully saturated rings. The first kappa shape index (κ1) is 30.9. The molecule has 3 aliphatic heterocycles. The zero-order chi connectivity index (χ0) is 31.4. The number of hydrogen-bond donors (Lipinski definition) is 0. The first-order chi connectivity index (χ1) is 21.9. The lowest BCUT2D eigenvalue weighted by molar-refractivity contribution is -0.214. The van der Waals surface area contributed by atoms with Crippen LogP contribution >= 0.6 is 0 Å². The van der Waals surface area contributed by atoms with Crippen molar-refractivity contribution < 1.29 is 37.4 Å². The van der Waals surface area contributed by atoms with E-state index in [1.807, 2.05) is 24.3 Å². The third-order valence-corrected chi connectivity index (χ3v) is 9.03. The summed E-state index contributed by atoms with van der Waals surface area (Å²) in [7, 11) is 0. The molecule has 6 rings (SSSR count). The molecule has 0 saturated carbocycles. The first-order valence-electron chi connectivity index (χ1n) is 15.4. The molecule has 0 N–H and O–H groups in total. The smallest absolute Gasteiger partial charge is 0.249 e. The fraction of sp³-hybridized carbons (Fsp3) is 0.400. The lowest BCUT2D eigenvalue weighted by Gasteiger charge is -2.47. The number of rotatable bonds is 13. The lowest BCUT2D eigenvalue weighted by atomic mass is 9.79. The average Bonchev–Trinajstić information content (AvgIpc) is 3.52. The lowest BCUT2D eigenvalue weighted by Crippen LogP contribution is -2.55. The standard InChI is InChI=1S/C35H36F2N2O6/c36-26-7-11-28(12-8-26)39-33(31(34(39)42)16-19-44-30-13-9-27(37)10-14-30)25-5-3-24(4-6-25)15-17-35(22-43-23-35)45-21-32(41)38-18-1-2-29(38)20-40/h3-14,20,29,31,33H,1-2,15-19,21-23H2. The summed E-state index contributed by atoms with van der Waals surface area (Å²) in [5.41, 5.74) is 2.11. The molecule has 3 unspecified atom stereocenters. The van der Waals surface area contributed by atoms with Crippen LogP contribution in [-0.4, -0.2) is 67.6 Å². The monoisotopic (exact) mass is 618 g/mol. The molecule has 3 heterocycles. The summed E-state index contributed by atoms with van der Waals surface area (Å²) in [5, 5.41) is 0. The predicted octanol–water partition coefficient (Wildman–Crippen LogP) is 5.05. The number of carbonyl (C=O) groups excluding carboxylic acids is 3. The van der Waals surface area contributed by atoms with Gasteiger partial charge in [0.15, 0.2) is 0 Å². The maximum Gasteiger partial charge on any atom is 0.249 e. The topological polar surface area (TPSA) is 85.4 Å². The van der Waals surface area contributed by atoms with Gasteiger partial charge in [-0.3, -0.25) is 9.59 Å². The van der Waals surface area contributed by atoms with Crippen LogP contribution in [0.15, 0.2) is 72.8 Å². The van der Waals surface area contributed by atoms with Gasteiger partial charge in [0.25, 0.3) is 0 Å². The van der Waals surface area contributed by atoms with Crippen molar-refractivity contribution in [3.63, 3.8) is 0 Å². The molecule has 3 aliphatic rings. The Bertz CT molecular complexity index is 1490. The van der Waals surface area contributed by atoms with Gasteiger partial charge in [-0.05, 0) is 91.8 Å². The number of benzene rings is 3. The highest BCUT2D eigenvalue weighted by molar-refractivity contribution is 6.03. The van der Waals surface area contributed by atoms with E-state index in [4.69, 9.17) is 14.2 Å². The van der Waals surface area contributed by atoms with Crippen LogP contribution < -0.4 is 9.64 Å². The minimum atomic E-state index is -0.542. The molecule has 3 aromatic carbocycles. The number of nitrogens with zero attached hydrogens (tertiary/aromatic N) is 2. The number of amides is 2. The summed E-state index contributed by atoms with van der Waals surface area (Å²) in [4.78, 5) is 40.6. The van der Waals surface area contributed by atoms with Crippen molar-refractivity contribution >= 4 is 23.8 Å². The van der Waals surface area contributed by atoms with Crippen molar-refractivity contribution in [2.45, 2.75) is 49.8 Å². The number of likely N-dealkylation sites (tertiary alicyclic amines) is 1. The van der Waals surface area contributed by atoms with Crippen molar-refractivity contribution in [1.29, 1.82) is 0 Å². The van der Waals surface area contributed by atoms with Crippen LogP contribution in [0.3, 0.4) is 0 Å². The van der Waals surface area contributed by atoms with Crippen molar-refractivity contribution in [2.75, 3.05) is 37.9 Å². The molecule has 3 saturated heterocycles. The number of aldehydes is 1. The normalized spacial score (nSPS) is 22.1. The van der Waals surface area contributed by atoms with Crippen molar-refractivity contribution in [2.24, 2.45) is 5.92 Å². The van der Waals surface area contributed by atoms with Crippen molar-refractivity contribution in [3.05, 3.63) is 95.6 Å². The molecule has 3 aromatic rings. The first-order valence-corrected chi connectivity index (χ1v) is 15.4. The van der Waals surface area contributed by atoms with E-state index in [0.717, 1.165) is 23.8 Å². The third-order valence-electron chi connectivity index (χ3n) is 9.03. The van der Waals surface area contributed by atoms with E-state index < -0.39 is 5.60 Å². The highest BCUT2D eigenvalue weighted by Gasteiger charge is 2.48. The Balaban J connectivity index is 1.09. The van der Waals surface area contributed by atoms with E-state index in [1.54, 1.807) is 34.1 Å². The molecule has 8 nitrogen and oxygen atoms in total. The van der Waals surface area contributed by atoms with E-state index in [9.17, 15) is 23.2 Å². The van der Waals surface area contributed by atoms with Gasteiger partial charge >= 0.3 is 0 Å². The van der Waals surface area contributed by atoms with E-state index in [0.29, 0.717) is 56.9 Å². The molecule has 3 atom stereocenters. The van der Waals surface area contributed by atoms with Crippen LogP contribution in [0.1, 0.15) is 42.9 Å². The zero-order valence-electron chi connectivity index (χ0n) is 24.9. The maximum absolute atomic E-state index is 13.6. The van der Waals surface area contributed by atoms with E-state index in [-0.39, 0.29) is 54.7 Å². The second-order valence-electron chi connectivity index (χ2n) is 12.0. The quantitative estimate of drug-likeness (QED) is 0.197. The molecule has 0 aliphatic carbocycles. The van der Waals surface area contributed by atoms with Crippen LogP contribution in [0.25, 0.3) is 0 Å². The molecule has 2 amide bonds. The van der Waals surface area contributed by atoms with Gasteiger partial charge in [0.05, 0.1) is 37.8 Å². The number of hydrogen-bond acceptors (Lipinski definition) is 6. The molecular weight excluding hydrogens is 582 g/mol. The highest BCUT2D eigenvalue weighted by atomic mass is 19.1.